The van der Waals surface area contributed by atoms with E-state index >= 15 is 0 Å². The minimum absolute atomic E-state index is 0.000607. The lowest BCUT2D eigenvalue weighted by molar-refractivity contribution is -0.150. The number of amides is 1. The summed E-state index contributed by atoms with van der Waals surface area (Å²) in [5.74, 6) is 0.0560. The standard InChI is InChI=1S/C20H30N2O3/c1-4-25-20(24)17-11-8-12-22(13-17)14-18(23)21-19(15(2)3)16-9-6-5-7-10-16/h5-7,9-10,15,17,19H,4,8,11-14H2,1-3H3,(H,21,23)/t17-,19-/m0/s1. The molecule has 1 aromatic rings. The zero-order valence-electron chi connectivity index (χ0n) is 15.5. The summed E-state index contributed by atoms with van der Waals surface area (Å²) >= 11 is 0. The molecule has 0 spiro atoms. The van der Waals surface area contributed by atoms with Crippen LogP contribution in [0, 0.1) is 11.8 Å². The Labute approximate surface area is 150 Å². The summed E-state index contributed by atoms with van der Waals surface area (Å²) in [4.78, 5) is 26.5. The molecule has 0 aromatic heterocycles. The molecule has 1 aliphatic heterocycles. The lowest BCUT2D eigenvalue weighted by Gasteiger charge is -2.32. The molecule has 1 amide bonds. The van der Waals surface area contributed by atoms with Crippen molar-refractivity contribution in [3.63, 3.8) is 0 Å². The summed E-state index contributed by atoms with van der Waals surface area (Å²) < 4.78 is 5.12. The molecule has 1 saturated heterocycles. The lowest BCUT2D eigenvalue weighted by atomic mass is 9.96. The minimum Gasteiger partial charge on any atom is -0.466 e. The van der Waals surface area contributed by atoms with Gasteiger partial charge in [0.2, 0.25) is 5.91 Å². The molecule has 0 unspecified atom stereocenters. The molecule has 0 saturated carbocycles. The van der Waals surface area contributed by atoms with E-state index < -0.39 is 0 Å². The first-order valence-corrected chi connectivity index (χ1v) is 9.24. The van der Waals surface area contributed by atoms with Gasteiger partial charge in [-0.05, 0) is 37.8 Å². The van der Waals surface area contributed by atoms with E-state index in [0.29, 0.717) is 25.6 Å². The Hall–Kier alpha value is -1.88. The SMILES string of the molecule is CCOC(=O)[C@H]1CCCN(CC(=O)N[C@H](c2ccccc2)C(C)C)C1. The summed E-state index contributed by atoms with van der Waals surface area (Å²) in [5, 5.41) is 3.15. The van der Waals surface area contributed by atoms with Gasteiger partial charge in [-0.3, -0.25) is 14.5 Å². The van der Waals surface area contributed by atoms with Crippen LogP contribution in [0.3, 0.4) is 0 Å². The van der Waals surface area contributed by atoms with E-state index in [0.717, 1.165) is 24.9 Å². The van der Waals surface area contributed by atoms with Crippen LogP contribution >= 0.6 is 0 Å². The predicted molar refractivity (Wildman–Crippen MR) is 98.0 cm³/mol. The van der Waals surface area contributed by atoms with Gasteiger partial charge in [0.05, 0.1) is 25.1 Å². The zero-order valence-corrected chi connectivity index (χ0v) is 15.5. The van der Waals surface area contributed by atoms with E-state index in [1.807, 2.05) is 37.3 Å². The number of nitrogens with zero attached hydrogens (tertiary/aromatic N) is 1. The Morgan fingerprint density at radius 2 is 2.00 bits per heavy atom. The maximum absolute atomic E-state index is 12.5. The van der Waals surface area contributed by atoms with Gasteiger partial charge in [0, 0.05) is 6.54 Å². The average molecular weight is 346 g/mol. The Morgan fingerprint density at radius 1 is 1.28 bits per heavy atom. The molecule has 1 fully saturated rings. The molecule has 1 N–H and O–H groups in total. The van der Waals surface area contributed by atoms with Gasteiger partial charge in [-0.2, -0.15) is 0 Å². The Morgan fingerprint density at radius 3 is 2.64 bits per heavy atom. The van der Waals surface area contributed by atoms with Crippen LogP contribution in [0.25, 0.3) is 0 Å². The number of carbonyl (C=O) groups is 2. The number of likely N-dealkylation sites (tertiary alicyclic amines) is 1. The fourth-order valence-corrected chi connectivity index (χ4v) is 3.37. The van der Waals surface area contributed by atoms with Crippen LogP contribution in [0.4, 0.5) is 0 Å². The van der Waals surface area contributed by atoms with Gasteiger partial charge in [-0.25, -0.2) is 0 Å². The molecular weight excluding hydrogens is 316 g/mol. The normalized spacial score (nSPS) is 19.4. The van der Waals surface area contributed by atoms with Crippen molar-refractivity contribution in [2.75, 3.05) is 26.2 Å². The number of ether oxygens (including phenoxy) is 1. The Balaban J connectivity index is 1.91. The minimum atomic E-state index is -0.142. The van der Waals surface area contributed by atoms with E-state index in [-0.39, 0.29) is 23.8 Å². The number of hydrogen-bond donors (Lipinski definition) is 1. The molecule has 5 heteroatoms. The van der Waals surface area contributed by atoms with E-state index in [1.54, 1.807) is 0 Å². The summed E-state index contributed by atoms with van der Waals surface area (Å²) in [6.07, 6.45) is 1.76. The topological polar surface area (TPSA) is 58.6 Å². The number of piperidine rings is 1. The third-order valence-corrected chi connectivity index (χ3v) is 4.63. The molecule has 1 heterocycles. The highest BCUT2D eigenvalue weighted by molar-refractivity contribution is 5.79. The maximum atomic E-state index is 12.5. The Kier molecular flexibility index (Phi) is 7.44. The fourth-order valence-electron chi connectivity index (χ4n) is 3.37. The van der Waals surface area contributed by atoms with E-state index in [1.165, 1.54) is 0 Å². The highest BCUT2D eigenvalue weighted by Crippen LogP contribution is 2.22. The Bertz CT molecular complexity index is 559. The first-order valence-electron chi connectivity index (χ1n) is 9.24. The van der Waals surface area contributed by atoms with Gasteiger partial charge in [0.1, 0.15) is 0 Å². The quantitative estimate of drug-likeness (QED) is 0.771. The van der Waals surface area contributed by atoms with Crippen LogP contribution in [0.1, 0.15) is 45.2 Å². The van der Waals surface area contributed by atoms with E-state index in [9.17, 15) is 9.59 Å². The maximum Gasteiger partial charge on any atom is 0.310 e. The van der Waals surface area contributed by atoms with E-state index in [2.05, 4.69) is 24.1 Å². The summed E-state index contributed by atoms with van der Waals surface area (Å²) in [6, 6.07) is 10.0. The second-order valence-electron chi connectivity index (χ2n) is 7.03. The number of esters is 1. The van der Waals surface area contributed by atoms with Crippen molar-refractivity contribution in [2.45, 2.75) is 39.7 Å². The molecule has 2 rings (SSSR count). The number of nitrogens with one attached hydrogen (secondary N) is 1. The third kappa shape index (κ3) is 5.85. The molecule has 0 bridgehead atoms. The zero-order chi connectivity index (χ0) is 18.2. The van der Waals surface area contributed by atoms with Crippen LogP contribution < -0.4 is 5.32 Å². The molecule has 0 radical (unpaired) electrons. The first-order chi connectivity index (χ1) is 12.0. The molecular formula is C20H30N2O3. The van der Waals surface area contributed by atoms with Gasteiger partial charge in [0.15, 0.2) is 0 Å². The molecule has 25 heavy (non-hydrogen) atoms. The van der Waals surface area contributed by atoms with Crippen molar-refractivity contribution in [3.8, 4) is 0 Å². The van der Waals surface area contributed by atoms with Crippen LogP contribution in [0.2, 0.25) is 0 Å². The fraction of sp³-hybridized carbons (Fsp3) is 0.600. The van der Waals surface area contributed by atoms with Crippen molar-refractivity contribution in [1.82, 2.24) is 10.2 Å². The highest BCUT2D eigenvalue weighted by atomic mass is 16.5. The second-order valence-corrected chi connectivity index (χ2v) is 7.03. The smallest absolute Gasteiger partial charge is 0.310 e. The largest absolute Gasteiger partial charge is 0.466 e. The summed E-state index contributed by atoms with van der Waals surface area (Å²) in [5.41, 5.74) is 1.12. The van der Waals surface area contributed by atoms with Gasteiger partial charge in [-0.15, -0.1) is 0 Å². The van der Waals surface area contributed by atoms with Crippen molar-refractivity contribution in [3.05, 3.63) is 35.9 Å². The van der Waals surface area contributed by atoms with Crippen LogP contribution in [-0.4, -0.2) is 43.0 Å². The predicted octanol–water partition coefficient (Wildman–Crippen LogP) is 2.78. The number of benzene rings is 1. The molecule has 2 atom stereocenters. The lowest BCUT2D eigenvalue weighted by Crippen LogP contribution is -2.45. The van der Waals surface area contributed by atoms with Crippen LogP contribution in [0.15, 0.2) is 30.3 Å². The number of hydrogen-bond acceptors (Lipinski definition) is 4. The van der Waals surface area contributed by atoms with Crippen molar-refractivity contribution in [1.29, 1.82) is 0 Å². The third-order valence-electron chi connectivity index (χ3n) is 4.63. The summed E-state index contributed by atoms with van der Waals surface area (Å²) in [6.45, 7) is 8.21. The molecule has 0 aliphatic carbocycles. The van der Waals surface area contributed by atoms with Crippen molar-refractivity contribution >= 4 is 11.9 Å². The van der Waals surface area contributed by atoms with Gasteiger partial charge in [0.25, 0.3) is 0 Å². The van der Waals surface area contributed by atoms with Crippen molar-refractivity contribution < 1.29 is 14.3 Å². The monoisotopic (exact) mass is 346 g/mol. The molecule has 138 valence electrons. The van der Waals surface area contributed by atoms with E-state index in [4.69, 9.17) is 4.74 Å². The molecule has 5 nitrogen and oxygen atoms in total. The van der Waals surface area contributed by atoms with Crippen LogP contribution in [0.5, 0.6) is 0 Å². The molecule has 1 aliphatic rings. The average Bonchev–Trinajstić information content (AvgIpc) is 2.60. The van der Waals surface area contributed by atoms with Crippen LogP contribution in [-0.2, 0) is 14.3 Å². The summed E-state index contributed by atoms with van der Waals surface area (Å²) in [7, 11) is 0. The van der Waals surface area contributed by atoms with Gasteiger partial charge < -0.3 is 10.1 Å². The molecule has 1 aromatic carbocycles. The first kappa shape index (κ1) is 19.4. The number of carbonyl (C=O) groups excluding carboxylic acids is 2. The highest BCUT2D eigenvalue weighted by Gasteiger charge is 2.28. The van der Waals surface area contributed by atoms with Gasteiger partial charge >= 0.3 is 5.97 Å². The second kappa shape index (κ2) is 9.56. The number of rotatable bonds is 7. The van der Waals surface area contributed by atoms with Crippen molar-refractivity contribution in [2.24, 2.45) is 11.8 Å². The van der Waals surface area contributed by atoms with Gasteiger partial charge in [-0.1, -0.05) is 44.2 Å².